The van der Waals surface area contributed by atoms with Crippen LogP contribution in [0, 0.1) is 0 Å². The number of benzene rings is 2. The first-order chi connectivity index (χ1) is 14.0. The second kappa shape index (κ2) is 7.65. The predicted octanol–water partition coefficient (Wildman–Crippen LogP) is 2.48. The molecule has 0 fully saturated rings. The molecule has 0 aliphatic carbocycles. The van der Waals surface area contributed by atoms with E-state index < -0.39 is 17.6 Å². The summed E-state index contributed by atoms with van der Waals surface area (Å²) in [6, 6.07) is 15.9. The Labute approximate surface area is 167 Å². The highest BCUT2D eigenvalue weighted by atomic mass is 16.3. The maximum Gasteiger partial charge on any atom is 0.333 e. The highest BCUT2D eigenvalue weighted by molar-refractivity contribution is 5.94. The van der Waals surface area contributed by atoms with Crippen molar-refractivity contribution >= 4 is 28.7 Å². The molecule has 2 aromatic carbocycles. The van der Waals surface area contributed by atoms with Crippen LogP contribution >= 0.6 is 0 Å². The molecule has 0 bridgehead atoms. The number of carbonyl (C=O) groups is 1. The van der Waals surface area contributed by atoms with E-state index in [0.717, 1.165) is 5.56 Å². The molecule has 7 nitrogen and oxygen atoms in total. The van der Waals surface area contributed by atoms with Gasteiger partial charge in [0.05, 0.1) is 17.3 Å². The van der Waals surface area contributed by atoms with Crippen molar-refractivity contribution in [1.29, 1.82) is 0 Å². The third-order valence-electron chi connectivity index (χ3n) is 4.79. The van der Waals surface area contributed by atoms with Crippen LogP contribution in [0.5, 0.6) is 5.75 Å². The molecular formula is C22H20N4O3. The zero-order valence-electron chi connectivity index (χ0n) is 15.7. The molecule has 4 rings (SSSR count). The molecule has 1 aliphatic heterocycles. The Morgan fingerprint density at radius 3 is 2.55 bits per heavy atom. The lowest BCUT2D eigenvalue weighted by Gasteiger charge is -2.14. The molecule has 146 valence electrons. The van der Waals surface area contributed by atoms with Gasteiger partial charge in [-0.1, -0.05) is 54.6 Å². The minimum absolute atomic E-state index is 0.0446. The molecule has 1 aliphatic rings. The van der Waals surface area contributed by atoms with E-state index in [4.69, 9.17) is 0 Å². The van der Waals surface area contributed by atoms with Crippen LogP contribution in [0.15, 0.2) is 71.5 Å². The summed E-state index contributed by atoms with van der Waals surface area (Å²) in [5.74, 6) is -0.164. The van der Waals surface area contributed by atoms with Gasteiger partial charge in [-0.25, -0.2) is 10.2 Å². The fourth-order valence-corrected chi connectivity index (χ4v) is 3.32. The Bertz CT molecular complexity index is 1200. The Kier molecular flexibility index (Phi) is 4.88. The number of nitrogens with zero attached hydrogens (tertiary/aromatic N) is 1. The van der Waals surface area contributed by atoms with E-state index in [0.29, 0.717) is 10.9 Å². The van der Waals surface area contributed by atoms with Gasteiger partial charge in [0.15, 0.2) is 0 Å². The first-order valence-corrected chi connectivity index (χ1v) is 9.13. The maximum absolute atomic E-state index is 13.0. The highest BCUT2D eigenvalue weighted by Gasteiger charge is 2.22. The van der Waals surface area contributed by atoms with Gasteiger partial charge in [0, 0.05) is 12.4 Å². The van der Waals surface area contributed by atoms with Crippen LogP contribution in [0.2, 0.25) is 0 Å². The van der Waals surface area contributed by atoms with E-state index in [2.05, 4.69) is 16.2 Å². The van der Waals surface area contributed by atoms with Crippen molar-refractivity contribution < 1.29 is 9.90 Å². The quantitative estimate of drug-likeness (QED) is 0.554. The number of para-hydroxylation sites is 1. The summed E-state index contributed by atoms with van der Waals surface area (Å²) < 4.78 is 1.46. The van der Waals surface area contributed by atoms with E-state index >= 15 is 0 Å². The molecule has 4 N–H and O–H groups in total. The largest absolute Gasteiger partial charge is 0.506 e. The molecule has 29 heavy (non-hydrogen) atoms. The zero-order chi connectivity index (χ0) is 20.4. The number of hydrazine groups is 1. The van der Waals surface area contributed by atoms with Crippen LogP contribution in [-0.2, 0) is 7.05 Å². The van der Waals surface area contributed by atoms with Gasteiger partial charge in [-0.2, -0.15) is 0 Å². The number of nitrogens with one attached hydrogen (secondary N) is 3. The van der Waals surface area contributed by atoms with E-state index in [1.807, 2.05) is 42.5 Å². The van der Waals surface area contributed by atoms with Crippen molar-refractivity contribution in [1.82, 2.24) is 20.7 Å². The molecule has 2 amide bonds. The first-order valence-electron chi connectivity index (χ1n) is 9.13. The molecular weight excluding hydrogens is 368 g/mol. The van der Waals surface area contributed by atoms with Crippen molar-refractivity contribution in [2.24, 2.45) is 7.05 Å². The van der Waals surface area contributed by atoms with Crippen molar-refractivity contribution in [3.63, 3.8) is 0 Å². The number of rotatable bonds is 3. The third kappa shape index (κ3) is 3.63. The summed E-state index contributed by atoms with van der Waals surface area (Å²) in [6.45, 7) is 0. The van der Waals surface area contributed by atoms with Crippen molar-refractivity contribution in [2.45, 2.75) is 6.04 Å². The van der Waals surface area contributed by atoms with Crippen LogP contribution in [0.4, 0.5) is 4.79 Å². The SMILES string of the molecule is Cn1c(=O)c(C2=C[C@H](C=Cc3ccccc3)NNC(=O)N2)c(O)c2ccccc21. The predicted molar refractivity (Wildman–Crippen MR) is 113 cm³/mol. The van der Waals surface area contributed by atoms with Gasteiger partial charge in [0.2, 0.25) is 0 Å². The number of urea groups is 1. The number of aromatic hydroxyl groups is 1. The minimum Gasteiger partial charge on any atom is -0.506 e. The summed E-state index contributed by atoms with van der Waals surface area (Å²) >= 11 is 0. The van der Waals surface area contributed by atoms with Crippen LogP contribution in [0.1, 0.15) is 11.1 Å². The number of pyridine rings is 1. The Morgan fingerprint density at radius 1 is 1.03 bits per heavy atom. The summed E-state index contributed by atoms with van der Waals surface area (Å²) in [7, 11) is 1.63. The van der Waals surface area contributed by atoms with Crippen LogP contribution in [-0.4, -0.2) is 21.7 Å². The number of aryl methyl sites for hydroxylation is 1. The minimum atomic E-state index is -0.526. The average Bonchev–Trinajstić information content (AvgIpc) is 2.93. The average molecular weight is 388 g/mol. The Balaban J connectivity index is 1.81. The summed E-state index contributed by atoms with van der Waals surface area (Å²) in [4.78, 5) is 25.1. The Morgan fingerprint density at radius 2 is 1.76 bits per heavy atom. The fraction of sp³-hybridized carbons (Fsp3) is 0.0909. The van der Waals surface area contributed by atoms with E-state index in [9.17, 15) is 14.7 Å². The van der Waals surface area contributed by atoms with E-state index in [1.54, 1.807) is 37.4 Å². The summed E-state index contributed by atoms with van der Waals surface area (Å²) in [5.41, 5.74) is 6.89. The van der Waals surface area contributed by atoms with Gasteiger partial charge >= 0.3 is 6.03 Å². The number of amides is 2. The topological polar surface area (TPSA) is 95.4 Å². The molecule has 1 atom stereocenters. The second-order valence-electron chi connectivity index (χ2n) is 6.70. The second-order valence-corrected chi connectivity index (χ2v) is 6.70. The number of carbonyl (C=O) groups excluding carboxylic acids is 1. The number of hydrogen-bond acceptors (Lipinski definition) is 4. The number of aromatic nitrogens is 1. The fourth-order valence-electron chi connectivity index (χ4n) is 3.32. The molecule has 1 aromatic heterocycles. The van der Waals surface area contributed by atoms with E-state index in [1.165, 1.54) is 4.57 Å². The molecule has 3 aromatic rings. The van der Waals surface area contributed by atoms with E-state index in [-0.39, 0.29) is 17.0 Å². The van der Waals surface area contributed by atoms with Gasteiger partial charge in [0.25, 0.3) is 5.56 Å². The smallest absolute Gasteiger partial charge is 0.333 e. The maximum atomic E-state index is 13.0. The number of fused-ring (bicyclic) bond motifs is 1. The lowest BCUT2D eigenvalue weighted by Crippen LogP contribution is -2.44. The van der Waals surface area contributed by atoms with Crippen LogP contribution < -0.4 is 21.7 Å². The lowest BCUT2D eigenvalue weighted by atomic mass is 10.1. The molecule has 2 heterocycles. The Hall–Kier alpha value is -3.84. The molecule has 0 radical (unpaired) electrons. The highest BCUT2D eigenvalue weighted by Crippen LogP contribution is 2.29. The standard InChI is InChI=1S/C22H20N4O3/c1-26-18-10-6-5-9-16(18)20(27)19(21(26)28)17-13-15(24-25-22(29)23-17)12-11-14-7-3-2-4-8-14/h2-13,15,24,27H,1H3,(H2,23,25,29)/t15-/m0/s1. The summed E-state index contributed by atoms with van der Waals surface area (Å²) in [6.07, 6.45) is 5.44. The molecule has 0 unspecified atom stereocenters. The van der Waals surface area contributed by atoms with Gasteiger partial charge in [-0.3, -0.25) is 10.2 Å². The molecule has 0 saturated heterocycles. The van der Waals surface area contributed by atoms with Gasteiger partial charge in [-0.15, -0.1) is 0 Å². The molecule has 0 saturated carbocycles. The van der Waals surface area contributed by atoms with Crippen LogP contribution in [0.25, 0.3) is 22.7 Å². The zero-order valence-corrected chi connectivity index (χ0v) is 15.7. The van der Waals surface area contributed by atoms with Gasteiger partial charge < -0.3 is 15.0 Å². The first kappa shape index (κ1) is 18.5. The monoisotopic (exact) mass is 388 g/mol. The molecule has 7 heteroatoms. The third-order valence-corrected chi connectivity index (χ3v) is 4.79. The van der Waals surface area contributed by atoms with Crippen molar-refractivity contribution in [2.75, 3.05) is 0 Å². The lowest BCUT2D eigenvalue weighted by molar-refractivity contribution is 0.241. The number of hydrogen-bond donors (Lipinski definition) is 4. The normalized spacial score (nSPS) is 16.9. The molecule has 0 spiro atoms. The van der Waals surface area contributed by atoms with Gasteiger partial charge in [0.1, 0.15) is 11.3 Å². The van der Waals surface area contributed by atoms with Crippen molar-refractivity contribution in [3.05, 3.63) is 88.2 Å². The van der Waals surface area contributed by atoms with Gasteiger partial charge in [-0.05, 0) is 23.8 Å². The summed E-state index contributed by atoms with van der Waals surface area (Å²) in [5, 5.41) is 14.0. The van der Waals surface area contributed by atoms with Crippen LogP contribution in [0.3, 0.4) is 0 Å². The van der Waals surface area contributed by atoms with Crippen molar-refractivity contribution in [3.8, 4) is 5.75 Å².